The first-order valence-corrected chi connectivity index (χ1v) is 18.0. The lowest BCUT2D eigenvalue weighted by Crippen LogP contribution is -2.35. The molecule has 7 aromatic carbocycles. The quantitative estimate of drug-likeness (QED) is 0.175. The van der Waals surface area contributed by atoms with E-state index in [0.717, 1.165) is 39.0 Å². The Balaban J connectivity index is 1.22. The molecule has 10 rings (SSSR count). The lowest BCUT2D eigenvalue weighted by atomic mass is 9.75. The molecule has 0 N–H and O–H groups in total. The van der Waals surface area contributed by atoms with E-state index in [2.05, 4.69) is 148 Å². The molecule has 1 atom stereocenters. The fourth-order valence-corrected chi connectivity index (χ4v) is 9.64. The van der Waals surface area contributed by atoms with Gasteiger partial charge < -0.3 is 9.47 Å². The lowest BCUT2D eigenvalue weighted by Gasteiger charge is -2.39. The van der Waals surface area contributed by atoms with Gasteiger partial charge in [-0.1, -0.05) is 137 Å². The topological polar surface area (TPSA) is 22.8 Å². The summed E-state index contributed by atoms with van der Waals surface area (Å²) >= 11 is 0. The first-order chi connectivity index (χ1) is 25.2. The molecule has 1 heterocycles. The van der Waals surface area contributed by atoms with E-state index in [1.807, 2.05) is 18.2 Å². The summed E-state index contributed by atoms with van der Waals surface area (Å²) < 4.78 is 13.3. The summed E-state index contributed by atoms with van der Waals surface area (Å²) in [6.07, 6.45) is 4.57. The number of benzene rings is 7. The molecule has 2 aliphatic carbocycles. The smallest absolute Gasteiger partial charge is 0.187 e. The van der Waals surface area contributed by atoms with E-state index in [-0.39, 0.29) is 10.8 Å². The molecule has 0 saturated heterocycles. The van der Waals surface area contributed by atoms with Crippen molar-refractivity contribution in [2.45, 2.75) is 44.1 Å². The van der Waals surface area contributed by atoms with Crippen molar-refractivity contribution in [3.63, 3.8) is 0 Å². The third kappa shape index (κ3) is 3.90. The zero-order valence-corrected chi connectivity index (χ0v) is 30.0. The van der Waals surface area contributed by atoms with Crippen molar-refractivity contribution >= 4 is 33.3 Å². The minimum absolute atomic E-state index is 0.216. The molecule has 0 spiro atoms. The van der Waals surface area contributed by atoms with Crippen LogP contribution in [0.4, 0.5) is 5.69 Å². The number of hydrogen-bond donors (Lipinski definition) is 0. The van der Waals surface area contributed by atoms with Crippen molar-refractivity contribution in [3.05, 3.63) is 178 Å². The van der Waals surface area contributed by atoms with E-state index in [0.29, 0.717) is 5.69 Å². The van der Waals surface area contributed by atoms with E-state index in [9.17, 15) is 0 Å². The predicted molar refractivity (Wildman–Crippen MR) is 213 cm³/mol. The number of methoxy groups -OCH3 is 1. The van der Waals surface area contributed by atoms with Gasteiger partial charge in [0.2, 0.25) is 0 Å². The second-order valence-corrected chi connectivity index (χ2v) is 15.5. The monoisotopic (exact) mass is 671 g/mol. The van der Waals surface area contributed by atoms with Crippen LogP contribution < -0.4 is 9.47 Å². The van der Waals surface area contributed by atoms with Crippen LogP contribution in [0.1, 0.15) is 66.6 Å². The molecule has 250 valence electrons. The molecule has 52 heavy (non-hydrogen) atoms. The summed E-state index contributed by atoms with van der Waals surface area (Å²) in [4.78, 5) is 3.79. The molecule has 0 radical (unpaired) electrons. The van der Waals surface area contributed by atoms with Gasteiger partial charge in [-0.3, -0.25) is 0 Å². The van der Waals surface area contributed by atoms with E-state index in [1.54, 1.807) is 7.11 Å². The Morgan fingerprint density at radius 2 is 1.27 bits per heavy atom. The zero-order valence-electron chi connectivity index (χ0n) is 30.0. The highest BCUT2D eigenvalue weighted by Crippen LogP contribution is 2.59. The van der Waals surface area contributed by atoms with Crippen LogP contribution in [0.5, 0.6) is 11.5 Å². The van der Waals surface area contributed by atoms with Gasteiger partial charge >= 0.3 is 0 Å². The number of nitrogens with zero attached hydrogens (tertiary/aromatic N) is 1. The van der Waals surface area contributed by atoms with E-state index < -0.39 is 5.60 Å². The molecule has 3 nitrogen and oxygen atoms in total. The van der Waals surface area contributed by atoms with Crippen LogP contribution in [0.25, 0.3) is 54.7 Å². The van der Waals surface area contributed by atoms with E-state index in [1.165, 1.54) is 55.3 Å². The summed E-state index contributed by atoms with van der Waals surface area (Å²) in [5.74, 6) is 1.69. The number of rotatable bonds is 3. The Labute approximate surface area is 304 Å². The molecular weight excluding hydrogens is 635 g/mol. The Morgan fingerprint density at radius 3 is 2.04 bits per heavy atom. The predicted octanol–water partition coefficient (Wildman–Crippen LogP) is 12.5. The highest BCUT2D eigenvalue weighted by molar-refractivity contribution is 6.08. The highest BCUT2D eigenvalue weighted by Gasteiger charge is 2.45. The SMILES string of the molecule is [C-]#[N+]c1ccc2c(c1)C(C)(C)c1c3c(c4ccccc4c1-2)OC(c1ccc(OC)cc1)(c1ccc2c(c1)C(C)(C)c1c-2ccc2ccccc12)C=C3. The zero-order chi connectivity index (χ0) is 35.6. The maximum atomic E-state index is 7.74. The molecule has 0 amide bonds. The van der Waals surface area contributed by atoms with Gasteiger partial charge in [0, 0.05) is 32.9 Å². The average Bonchev–Trinajstić information content (AvgIpc) is 3.57. The number of fused-ring (bicyclic) bond motifs is 13. The van der Waals surface area contributed by atoms with E-state index in [4.69, 9.17) is 16.0 Å². The summed E-state index contributed by atoms with van der Waals surface area (Å²) in [5.41, 5.74) is 12.5. The molecule has 3 aliphatic rings. The van der Waals surface area contributed by atoms with Crippen LogP contribution in [0.15, 0.2) is 127 Å². The molecule has 0 bridgehead atoms. The Bertz CT molecular complexity index is 2760. The summed E-state index contributed by atoms with van der Waals surface area (Å²) in [6, 6.07) is 43.4. The Hall–Kier alpha value is -6.11. The largest absolute Gasteiger partial charge is 0.497 e. The molecule has 0 fully saturated rings. The number of hydrogen-bond acceptors (Lipinski definition) is 2. The minimum atomic E-state index is -0.912. The lowest BCUT2D eigenvalue weighted by molar-refractivity contribution is 0.163. The Kier molecular flexibility index (Phi) is 6.18. The standard InChI is InChI=1S/C49H37NO2/c1-47(2)41-27-31(18-23-35(41)37-22-15-29-11-7-8-12-34(29)44(37)47)49(30-16-20-33(51-6)21-17-30)26-25-40-45-43(36-13-9-10-14-38(36)46(40)52-49)39-24-19-32(50-5)28-42(39)48(45,3)4/h7-28H,1-4,6H3. The fourth-order valence-electron chi connectivity index (χ4n) is 9.64. The van der Waals surface area contributed by atoms with Gasteiger partial charge in [-0.2, -0.15) is 0 Å². The van der Waals surface area contributed by atoms with Gasteiger partial charge in [0.15, 0.2) is 11.3 Å². The van der Waals surface area contributed by atoms with E-state index >= 15 is 0 Å². The van der Waals surface area contributed by atoms with Crippen molar-refractivity contribution in [2.24, 2.45) is 0 Å². The third-order valence-electron chi connectivity index (χ3n) is 12.1. The first-order valence-electron chi connectivity index (χ1n) is 18.0. The molecule has 7 aromatic rings. The third-order valence-corrected chi connectivity index (χ3v) is 12.1. The molecule has 0 aromatic heterocycles. The van der Waals surface area contributed by atoms with Crippen LogP contribution >= 0.6 is 0 Å². The molecule has 1 unspecified atom stereocenters. The van der Waals surface area contributed by atoms with Crippen LogP contribution in [0.2, 0.25) is 0 Å². The van der Waals surface area contributed by atoms with Crippen LogP contribution in [0.3, 0.4) is 0 Å². The van der Waals surface area contributed by atoms with Gasteiger partial charge in [0.1, 0.15) is 11.5 Å². The maximum absolute atomic E-state index is 7.74. The second-order valence-electron chi connectivity index (χ2n) is 15.5. The molecule has 3 heteroatoms. The Morgan fingerprint density at radius 1 is 0.615 bits per heavy atom. The van der Waals surface area contributed by atoms with Gasteiger partial charge in [0.05, 0.1) is 13.7 Å². The normalized spacial score (nSPS) is 18.2. The van der Waals surface area contributed by atoms with Crippen molar-refractivity contribution in [3.8, 4) is 33.8 Å². The van der Waals surface area contributed by atoms with Crippen LogP contribution in [0, 0.1) is 6.57 Å². The molecular formula is C49H37NO2. The van der Waals surface area contributed by atoms with Gasteiger partial charge in [0.25, 0.3) is 0 Å². The van der Waals surface area contributed by atoms with Crippen molar-refractivity contribution in [1.29, 1.82) is 0 Å². The van der Waals surface area contributed by atoms with Gasteiger partial charge in [-0.15, -0.1) is 0 Å². The fraction of sp³-hybridized carbons (Fsp3) is 0.163. The highest BCUT2D eigenvalue weighted by atomic mass is 16.5. The van der Waals surface area contributed by atoms with Gasteiger partial charge in [-0.25, -0.2) is 4.85 Å². The summed E-state index contributed by atoms with van der Waals surface area (Å²) in [6.45, 7) is 17.0. The minimum Gasteiger partial charge on any atom is -0.497 e. The molecule has 0 saturated carbocycles. The van der Waals surface area contributed by atoms with Crippen molar-refractivity contribution in [2.75, 3.05) is 7.11 Å². The number of ether oxygens (including phenoxy) is 2. The van der Waals surface area contributed by atoms with Crippen molar-refractivity contribution < 1.29 is 9.47 Å². The maximum Gasteiger partial charge on any atom is 0.187 e. The van der Waals surface area contributed by atoms with Crippen LogP contribution in [-0.2, 0) is 16.4 Å². The van der Waals surface area contributed by atoms with Crippen molar-refractivity contribution in [1.82, 2.24) is 0 Å². The second kappa shape index (κ2) is 10.5. The summed E-state index contributed by atoms with van der Waals surface area (Å²) in [5, 5.41) is 4.82. The molecule has 1 aliphatic heterocycles. The first kappa shape index (κ1) is 30.7. The van der Waals surface area contributed by atoms with Gasteiger partial charge in [-0.05, 0) is 84.9 Å². The average molecular weight is 672 g/mol. The summed E-state index contributed by atoms with van der Waals surface area (Å²) in [7, 11) is 1.70. The van der Waals surface area contributed by atoms with Crippen LogP contribution in [-0.4, -0.2) is 7.11 Å².